The molecule has 27 heavy (non-hydrogen) atoms. The highest BCUT2D eigenvalue weighted by Gasteiger charge is 2.27. The van der Waals surface area contributed by atoms with Gasteiger partial charge < -0.3 is 4.57 Å². The highest BCUT2D eigenvalue weighted by Crippen LogP contribution is 2.31. The lowest BCUT2D eigenvalue weighted by Crippen LogP contribution is -2.34. The lowest BCUT2D eigenvalue weighted by atomic mass is 10.0. The van der Waals surface area contributed by atoms with E-state index in [9.17, 15) is 8.42 Å². The topological polar surface area (TPSA) is 55.2 Å². The van der Waals surface area contributed by atoms with Crippen LogP contribution in [0.2, 0.25) is 5.02 Å². The summed E-state index contributed by atoms with van der Waals surface area (Å²) in [5, 5.41) is 1.53. The van der Waals surface area contributed by atoms with Gasteiger partial charge in [0, 0.05) is 48.0 Å². The predicted octanol–water partition coefficient (Wildman–Crippen LogP) is 4.19. The molecule has 3 aromatic rings. The molecule has 0 N–H and O–H groups in total. The van der Waals surface area contributed by atoms with E-state index >= 15 is 0 Å². The van der Waals surface area contributed by atoms with Crippen molar-refractivity contribution in [3.63, 3.8) is 0 Å². The zero-order chi connectivity index (χ0) is 19.0. The van der Waals surface area contributed by atoms with Crippen molar-refractivity contribution in [3.05, 3.63) is 65.5 Å². The van der Waals surface area contributed by atoms with E-state index < -0.39 is 10.0 Å². The number of sulfonamides is 1. The van der Waals surface area contributed by atoms with Gasteiger partial charge in [-0.1, -0.05) is 23.7 Å². The Morgan fingerprint density at radius 1 is 1.22 bits per heavy atom. The Morgan fingerprint density at radius 3 is 2.78 bits per heavy atom. The number of fused-ring (bicyclic) bond motifs is 1. The van der Waals surface area contributed by atoms with Gasteiger partial charge in [-0.3, -0.25) is 0 Å². The molecule has 140 valence electrons. The molecule has 5 nitrogen and oxygen atoms in total. The number of rotatable bonds is 4. The van der Waals surface area contributed by atoms with Crippen molar-refractivity contribution in [3.8, 4) is 0 Å². The van der Waals surface area contributed by atoms with E-state index in [1.807, 2.05) is 12.1 Å². The Kier molecular flexibility index (Phi) is 4.80. The second-order valence-electron chi connectivity index (χ2n) is 6.50. The molecule has 0 spiro atoms. The van der Waals surface area contributed by atoms with Crippen molar-refractivity contribution in [2.75, 3.05) is 13.1 Å². The monoisotopic (exact) mass is 401 g/mol. The van der Waals surface area contributed by atoms with E-state index in [1.54, 1.807) is 24.4 Å². The van der Waals surface area contributed by atoms with Gasteiger partial charge in [0.05, 0.1) is 4.90 Å². The minimum Gasteiger partial charge on any atom is -0.332 e. The van der Waals surface area contributed by atoms with Crippen LogP contribution in [0.5, 0.6) is 0 Å². The second kappa shape index (κ2) is 7.11. The van der Waals surface area contributed by atoms with Gasteiger partial charge in [-0.05, 0) is 49.2 Å². The molecule has 2 aromatic heterocycles. The maximum atomic E-state index is 12.9. The first-order valence-electron chi connectivity index (χ1n) is 8.89. The molecular formula is C20H20ClN3O2S. The highest BCUT2D eigenvalue weighted by atomic mass is 35.5. The molecule has 0 unspecified atom stereocenters. The molecule has 0 saturated carbocycles. The first kappa shape index (κ1) is 18.2. The molecule has 1 aliphatic heterocycles. The number of aromatic nitrogens is 2. The maximum Gasteiger partial charge on any atom is 0.243 e. The average Bonchev–Trinajstić information content (AvgIpc) is 3.07. The van der Waals surface area contributed by atoms with Crippen molar-refractivity contribution in [1.82, 2.24) is 13.9 Å². The van der Waals surface area contributed by atoms with Gasteiger partial charge in [-0.15, -0.1) is 0 Å². The molecule has 7 heteroatoms. The van der Waals surface area contributed by atoms with Gasteiger partial charge >= 0.3 is 0 Å². The molecule has 4 rings (SSSR count). The van der Waals surface area contributed by atoms with Crippen LogP contribution in [0.3, 0.4) is 0 Å². The fourth-order valence-electron chi connectivity index (χ4n) is 3.51. The third-order valence-corrected chi connectivity index (χ3v) is 7.02. The smallest absolute Gasteiger partial charge is 0.243 e. The number of pyridine rings is 1. The number of nitrogens with zero attached hydrogens (tertiary/aromatic N) is 3. The summed E-state index contributed by atoms with van der Waals surface area (Å²) >= 11 is 5.96. The SMILES string of the molecule is CCn1cc(C2=CCN(S(=O)(=O)c3cccc(Cl)c3)CC2)c2cccnc21. The van der Waals surface area contributed by atoms with E-state index in [2.05, 4.69) is 28.7 Å². The lowest BCUT2D eigenvalue weighted by Gasteiger charge is -2.26. The van der Waals surface area contributed by atoms with Crippen LogP contribution in [0.25, 0.3) is 16.6 Å². The van der Waals surface area contributed by atoms with Gasteiger partial charge in [-0.2, -0.15) is 4.31 Å². The van der Waals surface area contributed by atoms with Crippen LogP contribution < -0.4 is 0 Å². The largest absolute Gasteiger partial charge is 0.332 e. The third-order valence-electron chi connectivity index (χ3n) is 4.93. The molecule has 1 aliphatic rings. The van der Waals surface area contributed by atoms with Crippen molar-refractivity contribution in [2.24, 2.45) is 0 Å². The molecule has 0 radical (unpaired) electrons. The minimum atomic E-state index is -3.55. The average molecular weight is 402 g/mol. The summed E-state index contributed by atoms with van der Waals surface area (Å²) in [6, 6.07) is 10.4. The van der Waals surface area contributed by atoms with E-state index in [1.165, 1.54) is 10.4 Å². The number of aryl methyl sites for hydroxylation is 1. The van der Waals surface area contributed by atoms with Crippen molar-refractivity contribution in [1.29, 1.82) is 0 Å². The number of hydrogen-bond donors (Lipinski definition) is 0. The minimum absolute atomic E-state index is 0.235. The molecule has 0 amide bonds. The van der Waals surface area contributed by atoms with Crippen LogP contribution >= 0.6 is 11.6 Å². The molecule has 0 aliphatic carbocycles. The maximum absolute atomic E-state index is 12.9. The highest BCUT2D eigenvalue weighted by molar-refractivity contribution is 7.89. The summed E-state index contributed by atoms with van der Waals surface area (Å²) in [5.41, 5.74) is 3.27. The lowest BCUT2D eigenvalue weighted by molar-refractivity contribution is 0.441. The Labute approximate surface area is 163 Å². The zero-order valence-corrected chi connectivity index (χ0v) is 16.5. The number of benzene rings is 1. The number of halogens is 1. The van der Waals surface area contributed by atoms with Gasteiger partial charge in [0.2, 0.25) is 10.0 Å². The van der Waals surface area contributed by atoms with Crippen LogP contribution in [0.4, 0.5) is 0 Å². The summed E-state index contributed by atoms with van der Waals surface area (Å²) < 4.78 is 29.4. The summed E-state index contributed by atoms with van der Waals surface area (Å²) in [4.78, 5) is 4.72. The fraction of sp³-hybridized carbons (Fsp3) is 0.250. The van der Waals surface area contributed by atoms with Gasteiger partial charge in [-0.25, -0.2) is 13.4 Å². The Bertz CT molecular complexity index is 1140. The molecule has 0 saturated heterocycles. The first-order valence-corrected chi connectivity index (χ1v) is 10.7. The molecule has 0 fully saturated rings. The van der Waals surface area contributed by atoms with E-state index in [4.69, 9.17) is 11.6 Å². The molecule has 0 bridgehead atoms. The molecule has 1 aromatic carbocycles. The second-order valence-corrected chi connectivity index (χ2v) is 8.88. The van der Waals surface area contributed by atoms with Crippen LogP contribution in [-0.4, -0.2) is 35.4 Å². The normalized spacial score (nSPS) is 15.9. The molecule has 3 heterocycles. The van der Waals surface area contributed by atoms with Crippen molar-refractivity contribution >= 4 is 38.2 Å². The summed E-state index contributed by atoms with van der Waals surface area (Å²) in [5.74, 6) is 0. The molecule has 0 atom stereocenters. The summed E-state index contributed by atoms with van der Waals surface area (Å²) in [7, 11) is -3.55. The van der Waals surface area contributed by atoms with Gasteiger partial charge in [0.15, 0.2) is 0 Å². The van der Waals surface area contributed by atoms with Crippen LogP contribution in [0, 0.1) is 0 Å². The molecular weight excluding hydrogens is 382 g/mol. The quantitative estimate of drug-likeness (QED) is 0.658. The van der Waals surface area contributed by atoms with Crippen LogP contribution in [0.1, 0.15) is 18.9 Å². The fourth-order valence-corrected chi connectivity index (χ4v) is 5.19. The van der Waals surface area contributed by atoms with Crippen LogP contribution in [0.15, 0.2) is 59.8 Å². The Hall–Kier alpha value is -2.15. The van der Waals surface area contributed by atoms with Gasteiger partial charge in [0.1, 0.15) is 5.65 Å². The predicted molar refractivity (Wildman–Crippen MR) is 108 cm³/mol. The van der Waals surface area contributed by atoms with Crippen LogP contribution in [-0.2, 0) is 16.6 Å². The standard InChI is InChI=1S/C20H20ClN3O2S/c1-2-23-14-19(18-7-4-10-22-20(18)23)15-8-11-24(12-9-15)27(25,26)17-6-3-5-16(21)13-17/h3-8,10,13-14H,2,9,11-12H2,1H3. The van der Waals surface area contributed by atoms with E-state index in [-0.39, 0.29) is 4.90 Å². The Balaban J connectivity index is 1.65. The summed E-state index contributed by atoms with van der Waals surface area (Å²) in [6.45, 7) is 3.73. The third kappa shape index (κ3) is 3.29. The van der Waals surface area contributed by atoms with Crippen molar-refractivity contribution < 1.29 is 8.42 Å². The van der Waals surface area contributed by atoms with Crippen molar-refractivity contribution in [2.45, 2.75) is 24.8 Å². The summed E-state index contributed by atoms with van der Waals surface area (Å²) in [6.07, 6.45) is 6.59. The number of hydrogen-bond acceptors (Lipinski definition) is 3. The van der Waals surface area contributed by atoms with Gasteiger partial charge in [0.25, 0.3) is 0 Å². The zero-order valence-electron chi connectivity index (χ0n) is 15.0. The Morgan fingerprint density at radius 2 is 2.07 bits per heavy atom. The first-order chi connectivity index (χ1) is 13.0. The van der Waals surface area contributed by atoms with E-state index in [0.29, 0.717) is 24.5 Å². The van der Waals surface area contributed by atoms with E-state index in [0.717, 1.165) is 28.7 Å².